The highest BCUT2D eigenvalue weighted by Gasteiger charge is 2.35. The average Bonchev–Trinajstić information content (AvgIpc) is 1.97. The van der Waals surface area contributed by atoms with Crippen molar-refractivity contribution < 1.29 is 9.76 Å². The van der Waals surface area contributed by atoms with Crippen molar-refractivity contribution in [2.75, 3.05) is 0 Å². The summed E-state index contributed by atoms with van der Waals surface area (Å²) in [5.74, 6) is 0. The predicted octanol–water partition coefficient (Wildman–Crippen LogP) is 0.744. The second-order valence-corrected chi connectivity index (χ2v) is 4.76. The summed E-state index contributed by atoms with van der Waals surface area (Å²) in [5, 5.41) is 17.0. The van der Waals surface area contributed by atoms with Gasteiger partial charge in [0.05, 0.1) is 11.2 Å². The molecule has 0 radical (unpaired) electrons. The second kappa shape index (κ2) is 4.81. The van der Waals surface area contributed by atoms with Gasteiger partial charge < -0.3 is 20.9 Å². The number of hydrogen-bond acceptors (Lipinski definition) is 4. The minimum absolute atomic E-state index is 0.215. The normalized spacial score (nSPS) is 13.9. The molecule has 0 spiro atoms. The first-order valence-corrected chi connectivity index (χ1v) is 4.94. The van der Waals surface area contributed by atoms with E-state index in [4.69, 9.17) is 15.8 Å². The van der Waals surface area contributed by atoms with E-state index in [1.54, 1.807) is 40.7 Å². The highest BCUT2D eigenvalue weighted by molar-refractivity contribution is 6.38. The zero-order chi connectivity index (χ0) is 12.3. The van der Waals surface area contributed by atoms with E-state index in [9.17, 15) is 5.11 Å². The SMILES string of the molecule is CC(=N)/C=C(\N)BOC(C)(C)C(C)(C)O. The van der Waals surface area contributed by atoms with Crippen molar-refractivity contribution in [2.24, 2.45) is 5.73 Å². The molecule has 4 N–H and O–H groups in total. The zero-order valence-corrected chi connectivity index (χ0v) is 10.2. The monoisotopic (exact) mass is 212 g/mol. The average molecular weight is 212 g/mol. The largest absolute Gasteiger partial charge is 0.425 e. The Morgan fingerprint density at radius 1 is 1.40 bits per heavy atom. The van der Waals surface area contributed by atoms with Crippen molar-refractivity contribution in [3.8, 4) is 0 Å². The molecule has 86 valence electrons. The Bertz CT molecular complexity index is 267. The fourth-order valence-corrected chi connectivity index (χ4v) is 0.760. The van der Waals surface area contributed by atoms with Crippen molar-refractivity contribution in [1.82, 2.24) is 0 Å². The first-order valence-electron chi connectivity index (χ1n) is 4.94. The van der Waals surface area contributed by atoms with E-state index in [0.29, 0.717) is 11.3 Å². The Balaban J connectivity index is 4.34. The van der Waals surface area contributed by atoms with Crippen molar-refractivity contribution in [1.29, 1.82) is 5.41 Å². The summed E-state index contributed by atoms with van der Waals surface area (Å²) in [6, 6.07) is 0. The van der Waals surface area contributed by atoms with Crippen molar-refractivity contribution in [3.05, 3.63) is 11.7 Å². The number of nitrogens with one attached hydrogen (secondary N) is 1. The lowest BCUT2D eigenvalue weighted by Gasteiger charge is -2.37. The van der Waals surface area contributed by atoms with E-state index in [1.807, 2.05) is 0 Å². The van der Waals surface area contributed by atoms with Gasteiger partial charge in [-0.3, -0.25) is 0 Å². The number of rotatable bonds is 5. The quantitative estimate of drug-likeness (QED) is 0.464. The smallest absolute Gasteiger partial charge is 0.325 e. The van der Waals surface area contributed by atoms with Gasteiger partial charge in [-0.1, -0.05) is 0 Å². The Morgan fingerprint density at radius 3 is 2.20 bits per heavy atom. The molecule has 0 amide bonds. The van der Waals surface area contributed by atoms with Crippen LogP contribution in [0.1, 0.15) is 34.6 Å². The van der Waals surface area contributed by atoms with Gasteiger partial charge in [0.15, 0.2) is 0 Å². The summed E-state index contributed by atoms with van der Waals surface area (Å²) < 4.78 is 5.52. The Morgan fingerprint density at radius 2 is 1.87 bits per heavy atom. The molecule has 0 heterocycles. The van der Waals surface area contributed by atoms with E-state index in [-0.39, 0.29) is 7.48 Å². The lowest BCUT2D eigenvalue weighted by molar-refractivity contribution is -0.0897. The lowest BCUT2D eigenvalue weighted by atomic mass is 9.85. The van der Waals surface area contributed by atoms with Gasteiger partial charge in [-0.05, 0) is 40.7 Å². The summed E-state index contributed by atoms with van der Waals surface area (Å²) in [6.45, 7) is 8.63. The molecule has 0 rings (SSSR count). The van der Waals surface area contributed by atoms with E-state index < -0.39 is 11.2 Å². The van der Waals surface area contributed by atoms with Crippen molar-refractivity contribution in [2.45, 2.75) is 45.8 Å². The number of allylic oxidation sites excluding steroid dienone is 1. The molecule has 0 aliphatic carbocycles. The summed E-state index contributed by atoms with van der Waals surface area (Å²) in [4.78, 5) is 0. The highest BCUT2D eigenvalue weighted by Crippen LogP contribution is 2.24. The molecule has 0 aliphatic heterocycles. The molecule has 0 bridgehead atoms. The Hall–Kier alpha value is -0.805. The van der Waals surface area contributed by atoms with Crippen LogP contribution in [-0.4, -0.2) is 29.5 Å². The van der Waals surface area contributed by atoms with Crippen molar-refractivity contribution >= 4 is 13.2 Å². The van der Waals surface area contributed by atoms with Gasteiger partial charge in [0.25, 0.3) is 0 Å². The summed E-state index contributed by atoms with van der Waals surface area (Å²) in [5.41, 5.74) is 4.89. The molecule has 15 heavy (non-hydrogen) atoms. The van der Waals surface area contributed by atoms with Gasteiger partial charge >= 0.3 is 7.48 Å². The fourth-order valence-electron chi connectivity index (χ4n) is 0.760. The molecule has 0 atom stereocenters. The van der Waals surface area contributed by atoms with Crippen LogP contribution >= 0.6 is 0 Å². The van der Waals surface area contributed by atoms with E-state index >= 15 is 0 Å². The van der Waals surface area contributed by atoms with Gasteiger partial charge in [0.1, 0.15) is 0 Å². The molecular formula is C10H21BN2O2. The fraction of sp³-hybridized carbons (Fsp3) is 0.700. The second-order valence-electron chi connectivity index (χ2n) is 4.76. The van der Waals surface area contributed by atoms with Crippen LogP contribution in [0, 0.1) is 5.41 Å². The molecular weight excluding hydrogens is 191 g/mol. The number of nitrogens with two attached hydrogens (primary N) is 1. The maximum absolute atomic E-state index is 9.81. The summed E-state index contributed by atoms with van der Waals surface area (Å²) in [7, 11) is 0.215. The molecule has 5 heteroatoms. The van der Waals surface area contributed by atoms with Crippen LogP contribution in [-0.2, 0) is 4.65 Å². The number of hydrogen-bond donors (Lipinski definition) is 3. The summed E-state index contributed by atoms with van der Waals surface area (Å²) >= 11 is 0. The molecule has 0 fully saturated rings. The van der Waals surface area contributed by atoms with E-state index in [2.05, 4.69) is 0 Å². The van der Waals surface area contributed by atoms with Crippen LogP contribution in [0.3, 0.4) is 0 Å². The molecule has 0 aliphatic rings. The van der Waals surface area contributed by atoms with E-state index in [0.717, 1.165) is 0 Å². The van der Waals surface area contributed by atoms with Crippen LogP contribution in [0.5, 0.6) is 0 Å². The van der Waals surface area contributed by atoms with Crippen molar-refractivity contribution in [3.63, 3.8) is 0 Å². The zero-order valence-electron chi connectivity index (χ0n) is 10.2. The minimum Gasteiger partial charge on any atom is -0.425 e. The standard InChI is InChI=1S/C10H21BN2O2/c1-7(12)6-8(13)11-15-10(4,5)9(2,3)14/h6,11-12,14H,13H2,1-5H3/b8-6-,12-7?. The van der Waals surface area contributed by atoms with Gasteiger partial charge in [-0.15, -0.1) is 0 Å². The number of aliphatic hydroxyl groups is 1. The maximum atomic E-state index is 9.81. The van der Waals surface area contributed by atoms with Crippen LogP contribution in [0.25, 0.3) is 0 Å². The summed E-state index contributed by atoms with van der Waals surface area (Å²) in [6.07, 6.45) is 1.54. The molecule has 0 saturated heterocycles. The van der Waals surface area contributed by atoms with Crippen LogP contribution in [0.2, 0.25) is 0 Å². The molecule has 0 saturated carbocycles. The molecule has 0 aromatic heterocycles. The first-order chi connectivity index (χ1) is 6.56. The molecule has 0 aromatic rings. The van der Waals surface area contributed by atoms with Gasteiger partial charge in [0, 0.05) is 11.3 Å². The van der Waals surface area contributed by atoms with Gasteiger partial charge in [-0.25, -0.2) is 0 Å². The van der Waals surface area contributed by atoms with Crippen LogP contribution < -0.4 is 5.73 Å². The predicted molar refractivity (Wildman–Crippen MR) is 64.3 cm³/mol. The topological polar surface area (TPSA) is 79.3 Å². The molecule has 4 nitrogen and oxygen atoms in total. The third-order valence-corrected chi connectivity index (χ3v) is 2.47. The van der Waals surface area contributed by atoms with Crippen LogP contribution in [0.4, 0.5) is 0 Å². The van der Waals surface area contributed by atoms with Crippen LogP contribution in [0.15, 0.2) is 11.7 Å². The lowest BCUT2D eigenvalue weighted by Crippen LogP contribution is -2.48. The van der Waals surface area contributed by atoms with Gasteiger partial charge in [-0.2, -0.15) is 0 Å². The van der Waals surface area contributed by atoms with Gasteiger partial charge in [0.2, 0.25) is 0 Å². The molecule has 0 unspecified atom stereocenters. The minimum atomic E-state index is -0.937. The highest BCUT2D eigenvalue weighted by atomic mass is 16.5. The first kappa shape index (κ1) is 14.2. The molecule has 0 aromatic carbocycles. The third-order valence-electron chi connectivity index (χ3n) is 2.47. The third kappa shape index (κ3) is 5.00. The Kier molecular flexibility index (Phi) is 4.55. The van der Waals surface area contributed by atoms with E-state index in [1.165, 1.54) is 0 Å². The maximum Gasteiger partial charge on any atom is 0.325 e. The Labute approximate surface area is 92.3 Å².